The Morgan fingerprint density at radius 2 is 2.00 bits per heavy atom. The molecule has 0 spiro atoms. The molecule has 168 valence electrons. The van der Waals surface area contributed by atoms with Crippen molar-refractivity contribution in [3.63, 3.8) is 0 Å². The zero-order valence-electron chi connectivity index (χ0n) is 17.4. The first-order valence-electron chi connectivity index (χ1n) is 10.4. The van der Waals surface area contributed by atoms with Crippen molar-refractivity contribution >= 4 is 11.6 Å². The minimum absolute atomic E-state index is 0.0779. The van der Waals surface area contributed by atoms with E-state index >= 15 is 0 Å². The van der Waals surface area contributed by atoms with Crippen LogP contribution in [0.25, 0.3) is 5.65 Å². The average molecular weight is 446 g/mol. The van der Waals surface area contributed by atoms with Crippen LogP contribution in [0, 0.1) is 6.92 Å². The molecule has 2 aromatic heterocycles. The number of aryl methyl sites for hydroxylation is 1. The van der Waals surface area contributed by atoms with Crippen LogP contribution in [-0.2, 0) is 17.4 Å². The second-order valence-corrected chi connectivity index (χ2v) is 8.16. The Hall–Kier alpha value is -3.30. The van der Waals surface area contributed by atoms with Crippen LogP contribution in [0.3, 0.4) is 0 Å². The number of likely N-dealkylation sites (tertiary alicyclic amines) is 1. The Bertz CT molecular complexity index is 1190. The van der Waals surface area contributed by atoms with E-state index in [1.807, 2.05) is 6.07 Å². The van der Waals surface area contributed by atoms with Crippen LogP contribution in [0.2, 0.25) is 0 Å². The van der Waals surface area contributed by atoms with Gasteiger partial charge in [0.25, 0.3) is 0 Å². The molecule has 4 heterocycles. The lowest BCUT2D eigenvalue weighted by Crippen LogP contribution is -2.40. The maximum absolute atomic E-state index is 13.6. The van der Waals surface area contributed by atoms with Gasteiger partial charge in [-0.3, -0.25) is 4.79 Å². The van der Waals surface area contributed by atoms with E-state index in [0.29, 0.717) is 48.8 Å². The Morgan fingerprint density at radius 3 is 2.81 bits per heavy atom. The number of fused-ring (bicyclic) bond motifs is 2. The van der Waals surface area contributed by atoms with Crippen molar-refractivity contribution in [2.24, 2.45) is 0 Å². The van der Waals surface area contributed by atoms with Gasteiger partial charge < -0.3 is 14.4 Å². The van der Waals surface area contributed by atoms with Crippen LogP contribution in [0.5, 0.6) is 11.5 Å². The third kappa shape index (κ3) is 3.85. The summed E-state index contributed by atoms with van der Waals surface area (Å²) in [5.74, 6) is 0.910. The molecule has 0 aliphatic carbocycles. The van der Waals surface area contributed by atoms with Gasteiger partial charge in [-0.15, -0.1) is 0 Å². The molecule has 5 rings (SSSR count). The summed E-state index contributed by atoms with van der Waals surface area (Å²) in [6.07, 6.45) is -3.01. The van der Waals surface area contributed by atoms with E-state index in [2.05, 4.69) is 10.1 Å². The highest BCUT2D eigenvalue weighted by Crippen LogP contribution is 2.35. The minimum atomic E-state index is -4.56. The van der Waals surface area contributed by atoms with Crippen LogP contribution < -0.4 is 9.47 Å². The number of benzene rings is 1. The van der Waals surface area contributed by atoms with Crippen molar-refractivity contribution in [1.29, 1.82) is 0 Å². The Kier molecular flexibility index (Phi) is 4.94. The Labute approximate surface area is 181 Å². The van der Waals surface area contributed by atoms with E-state index in [9.17, 15) is 18.0 Å². The number of hydrogen-bond donors (Lipinski definition) is 0. The van der Waals surface area contributed by atoms with E-state index in [1.165, 1.54) is 6.07 Å². The summed E-state index contributed by atoms with van der Waals surface area (Å²) < 4.78 is 52.4. The van der Waals surface area contributed by atoms with Gasteiger partial charge in [0, 0.05) is 30.8 Å². The van der Waals surface area contributed by atoms with E-state index in [1.54, 1.807) is 24.0 Å². The van der Waals surface area contributed by atoms with E-state index < -0.39 is 11.9 Å². The van der Waals surface area contributed by atoms with Crippen LogP contribution in [0.4, 0.5) is 13.2 Å². The van der Waals surface area contributed by atoms with Gasteiger partial charge in [-0.25, -0.2) is 9.50 Å². The summed E-state index contributed by atoms with van der Waals surface area (Å²) in [6.45, 7) is 2.69. The fourth-order valence-electron chi connectivity index (χ4n) is 4.30. The van der Waals surface area contributed by atoms with Crippen molar-refractivity contribution in [2.75, 3.05) is 19.9 Å². The number of halogens is 3. The summed E-state index contributed by atoms with van der Waals surface area (Å²) in [5.41, 5.74) is 0.912. The Morgan fingerprint density at radius 1 is 1.19 bits per heavy atom. The molecule has 0 N–H and O–H groups in total. The maximum Gasteiger partial charge on any atom is 0.433 e. The molecule has 2 aliphatic rings. The van der Waals surface area contributed by atoms with Gasteiger partial charge in [-0.2, -0.15) is 18.3 Å². The van der Waals surface area contributed by atoms with E-state index in [0.717, 1.165) is 16.1 Å². The molecule has 0 radical (unpaired) electrons. The summed E-state index contributed by atoms with van der Waals surface area (Å²) in [5, 5.41) is 3.93. The molecule has 7 nitrogen and oxygen atoms in total. The third-order valence-electron chi connectivity index (χ3n) is 5.84. The first-order valence-corrected chi connectivity index (χ1v) is 10.4. The van der Waals surface area contributed by atoms with Gasteiger partial charge in [0.15, 0.2) is 17.1 Å². The molecule has 32 heavy (non-hydrogen) atoms. The molecular formula is C22H21F3N4O3. The van der Waals surface area contributed by atoms with Gasteiger partial charge in [0.05, 0.1) is 12.1 Å². The largest absolute Gasteiger partial charge is 0.454 e. The zero-order valence-corrected chi connectivity index (χ0v) is 17.4. The highest BCUT2D eigenvalue weighted by atomic mass is 19.4. The number of piperidine rings is 1. The number of ether oxygens (including phenoxy) is 2. The van der Waals surface area contributed by atoms with Crippen LogP contribution in [-0.4, -0.2) is 45.3 Å². The van der Waals surface area contributed by atoms with E-state index in [-0.39, 0.29) is 30.7 Å². The first kappa shape index (κ1) is 20.6. The maximum atomic E-state index is 13.6. The standard InChI is InChI=1S/C22H21F3N4O3/c1-13-7-20-26-16(10-19(22(23,24)25)29(20)27-13)15-3-2-6-28(11-15)21(30)9-14-4-5-17-18(8-14)32-12-31-17/h4-5,7-8,10,15H,2-3,6,9,11-12H2,1H3. The van der Waals surface area contributed by atoms with Crippen molar-refractivity contribution in [1.82, 2.24) is 19.5 Å². The molecular weight excluding hydrogens is 425 g/mol. The van der Waals surface area contributed by atoms with Crippen molar-refractivity contribution in [3.8, 4) is 11.5 Å². The predicted octanol–water partition coefficient (Wildman–Crippen LogP) is 3.73. The molecule has 1 aromatic carbocycles. The third-order valence-corrected chi connectivity index (χ3v) is 5.84. The fourth-order valence-corrected chi connectivity index (χ4v) is 4.30. The average Bonchev–Trinajstić information content (AvgIpc) is 3.37. The lowest BCUT2D eigenvalue weighted by molar-refractivity contribution is -0.142. The molecule has 2 aliphatic heterocycles. The summed E-state index contributed by atoms with van der Waals surface area (Å²) >= 11 is 0. The molecule has 1 amide bonds. The van der Waals surface area contributed by atoms with Crippen molar-refractivity contribution in [2.45, 2.75) is 38.3 Å². The second-order valence-electron chi connectivity index (χ2n) is 8.16. The summed E-state index contributed by atoms with van der Waals surface area (Å²) in [6, 6.07) is 7.98. The normalized spacial score (nSPS) is 18.4. The molecule has 1 fully saturated rings. The first-order chi connectivity index (χ1) is 15.3. The number of carbonyl (C=O) groups is 1. The molecule has 3 aromatic rings. The van der Waals surface area contributed by atoms with Crippen molar-refractivity contribution < 1.29 is 27.4 Å². The monoisotopic (exact) mass is 446 g/mol. The molecule has 1 saturated heterocycles. The molecule has 1 atom stereocenters. The number of aromatic nitrogens is 3. The predicted molar refractivity (Wildman–Crippen MR) is 108 cm³/mol. The summed E-state index contributed by atoms with van der Waals surface area (Å²) in [4.78, 5) is 19.1. The zero-order chi connectivity index (χ0) is 22.5. The molecule has 1 unspecified atom stereocenters. The number of nitrogens with zero attached hydrogens (tertiary/aromatic N) is 4. The Balaban J connectivity index is 1.36. The van der Waals surface area contributed by atoms with Crippen LogP contribution in [0.1, 0.15) is 41.4 Å². The van der Waals surface area contributed by atoms with E-state index in [4.69, 9.17) is 9.47 Å². The van der Waals surface area contributed by atoms with Crippen molar-refractivity contribution in [3.05, 3.63) is 53.0 Å². The minimum Gasteiger partial charge on any atom is -0.454 e. The summed E-state index contributed by atoms with van der Waals surface area (Å²) in [7, 11) is 0. The van der Waals surface area contributed by atoms with Gasteiger partial charge in [-0.1, -0.05) is 6.07 Å². The topological polar surface area (TPSA) is 69.0 Å². The highest BCUT2D eigenvalue weighted by molar-refractivity contribution is 5.79. The van der Waals surface area contributed by atoms with Gasteiger partial charge >= 0.3 is 6.18 Å². The lowest BCUT2D eigenvalue weighted by Gasteiger charge is -2.33. The second kappa shape index (κ2) is 7.68. The number of carbonyl (C=O) groups excluding carboxylic acids is 1. The molecule has 0 bridgehead atoms. The lowest BCUT2D eigenvalue weighted by atomic mass is 9.93. The number of hydrogen-bond acceptors (Lipinski definition) is 5. The SMILES string of the molecule is Cc1cc2nc(C3CCCN(C(=O)Cc4ccc5c(c4)OCO5)C3)cc(C(F)(F)F)n2n1. The van der Waals surface area contributed by atoms with Gasteiger partial charge in [0.1, 0.15) is 5.69 Å². The molecule has 10 heteroatoms. The number of alkyl halides is 3. The van der Waals surface area contributed by atoms with Gasteiger partial charge in [-0.05, 0) is 43.5 Å². The smallest absolute Gasteiger partial charge is 0.433 e. The van der Waals surface area contributed by atoms with Gasteiger partial charge in [0.2, 0.25) is 12.7 Å². The number of rotatable bonds is 3. The number of amides is 1. The highest BCUT2D eigenvalue weighted by Gasteiger charge is 2.36. The van der Waals surface area contributed by atoms with Crippen LogP contribution in [0.15, 0.2) is 30.3 Å². The van der Waals surface area contributed by atoms with Crippen LogP contribution >= 0.6 is 0 Å². The fraction of sp³-hybridized carbons (Fsp3) is 0.409. The molecule has 0 saturated carbocycles. The quantitative estimate of drug-likeness (QED) is 0.613.